The molecule has 2 aliphatic rings. The van der Waals surface area contributed by atoms with Crippen LogP contribution in [0.3, 0.4) is 0 Å². The molecule has 0 unspecified atom stereocenters. The van der Waals surface area contributed by atoms with Gasteiger partial charge in [-0.05, 0) is 73.7 Å². The van der Waals surface area contributed by atoms with E-state index in [1.54, 1.807) is 0 Å². The Hall–Kier alpha value is -1.01. The standard InChI is InChI=1S/C26H33Cl2N3O.2ClH/c1-2-24-18-30(15-16-31(24)25(32)17-19-11-13-29-14-12-19)26(20-3-7-22(27)8-4-20)21-5-9-23(28)10-6-21;;/h3-10,19,24,26,29H,2,11-18H2,1H3;2*1H/t24-;;/m0../s1. The van der Waals surface area contributed by atoms with Gasteiger partial charge in [0.1, 0.15) is 0 Å². The van der Waals surface area contributed by atoms with E-state index in [0.717, 1.165) is 62.0 Å². The van der Waals surface area contributed by atoms with Gasteiger partial charge in [-0.15, -0.1) is 24.8 Å². The van der Waals surface area contributed by atoms with E-state index in [2.05, 4.69) is 46.3 Å². The lowest BCUT2D eigenvalue weighted by Gasteiger charge is -2.45. The number of carbonyl (C=O) groups excluding carboxylic acids is 1. The first-order valence-electron chi connectivity index (χ1n) is 11.8. The Morgan fingerprint density at radius 2 is 1.47 bits per heavy atom. The summed E-state index contributed by atoms with van der Waals surface area (Å²) in [6, 6.07) is 16.6. The van der Waals surface area contributed by atoms with Gasteiger partial charge in [0, 0.05) is 42.1 Å². The molecule has 1 atom stereocenters. The molecule has 0 bridgehead atoms. The summed E-state index contributed by atoms with van der Waals surface area (Å²) in [4.78, 5) is 17.8. The fourth-order valence-corrected chi connectivity index (χ4v) is 5.40. The highest BCUT2D eigenvalue weighted by molar-refractivity contribution is 6.30. The summed E-state index contributed by atoms with van der Waals surface area (Å²) in [6.07, 6.45) is 3.87. The molecule has 2 aliphatic heterocycles. The summed E-state index contributed by atoms with van der Waals surface area (Å²) >= 11 is 12.3. The molecule has 0 radical (unpaired) electrons. The summed E-state index contributed by atoms with van der Waals surface area (Å²) < 4.78 is 0. The largest absolute Gasteiger partial charge is 0.337 e. The van der Waals surface area contributed by atoms with Crippen LogP contribution in [0, 0.1) is 5.92 Å². The molecule has 0 aliphatic carbocycles. The van der Waals surface area contributed by atoms with Crippen LogP contribution in [-0.2, 0) is 4.79 Å². The number of carbonyl (C=O) groups is 1. The summed E-state index contributed by atoms with van der Waals surface area (Å²) in [6.45, 7) is 6.76. The summed E-state index contributed by atoms with van der Waals surface area (Å²) in [5.41, 5.74) is 2.42. The Morgan fingerprint density at radius 1 is 0.941 bits per heavy atom. The number of halogens is 4. The molecule has 0 aromatic heterocycles. The third-order valence-electron chi connectivity index (χ3n) is 6.96. The van der Waals surface area contributed by atoms with Crippen molar-refractivity contribution in [2.24, 2.45) is 5.92 Å². The predicted octanol–water partition coefficient (Wildman–Crippen LogP) is 6.24. The smallest absolute Gasteiger partial charge is 0.223 e. The second-order valence-corrected chi connectivity index (χ2v) is 9.92. The molecule has 0 saturated carbocycles. The van der Waals surface area contributed by atoms with Crippen LogP contribution in [0.5, 0.6) is 0 Å². The van der Waals surface area contributed by atoms with Crippen molar-refractivity contribution < 1.29 is 4.79 Å². The predicted molar refractivity (Wildman–Crippen MR) is 147 cm³/mol. The monoisotopic (exact) mass is 545 g/mol. The van der Waals surface area contributed by atoms with Crippen molar-refractivity contribution in [1.82, 2.24) is 15.1 Å². The first-order chi connectivity index (χ1) is 15.5. The second kappa shape index (κ2) is 13.9. The van der Waals surface area contributed by atoms with Gasteiger partial charge >= 0.3 is 0 Å². The van der Waals surface area contributed by atoms with E-state index in [0.29, 0.717) is 18.2 Å². The van der Waals surface area contributed by atoms with E-state index in [1.165, 1.54) is 11.1 Å². The minimum absolute atomic E-state index is 0. The van der Waals surface area contributed by atoms with Crippen molar-refractivity contribution in [3.8, 4) is 0 Å². The number of rotatable bonds is 6. The topological polar surface area (TPSA) is 35.6 Å². The van der Waals surface area contributed by atoms with Gasteiger partial charge in [-0.25, -0.2) is 0 Å². The Bertz CT molecular complexity index is 842. The van der Waals surface area contributed by atoms with Crippen molar-refractivity contribution in [2.75, 3.05) is 32.7 Å². The fourth-order valence-electron chi connectivity index (χ4n) is 5.15. The first kappa shape index (κ1) is 29.2. The van der Waals surface area contributed by atoms with Gasteiger partial charge < -0.3 is 10.2 Å². The number of amides is 1. The van der Waals surface area contributed by atoms with Crippen molar-refractivity contribution in [3.63, 3.8) is 0 Å². The van der Waals surface area contributed by atoms with E-state index in [4.69, 9.17) is 23.2 Å². The van der Waals surface area contributed by atoms with Gasteiger partial charge in [0.25, 0.3) is 0 Å². The highest BCUT2D eigenvalue weighted by Crippen LogP contribution is 2.33. The number of piperidine rings is 1. The molecule has 1 amide bonds. The molecule has 34 heavy (non-hydrogen) atoms. The van der Waals surface area contributed by atoms with Gasteiger partial charge in [-0.2, -0.15) is 0 Å². The SMILES string of the molecule is CC[C@H]1CN(C(c2ccc(Cl)cc2)c2ccc(Cl)cc2)CCN1C(=O)CC1CCNCC1.Cl.Cl. The van der Waals surface area contributed by atoms with Crippen molar-refractivity contribution in [3.05, 3.63) is 69.7 Å². The van der Waals surface area contributed by atoms with E-state index >= 15 is 0 Å². The molecule has 0 spiro atoms. The Labute approximate surface area is 226 Å². The lowest BCUT2D eigenvalue weighted by Crippen LogP contribution is -2.56. The Morgan fingerprint density at radius 3 is 1.97 bits per heavy atom. The zero-order valence-electron chi connectivity index (χ0n) is 19.6. The minimum Gasteiger partial charge on any atom is -0.337 e. The number of piperazine rings is 1. The van der Waals surface area contributed by atoms with Crippen LogP contribution in [0.2, 0.25) is 10.0 Å². The third-order valence-corrected chi connectivity index (χ3v) is 7.47. The lowest BCUT2D eigenvalue weighted by molar-refractivity contribution is -0.137. The van der Waals surface area contributed by atoms with Crippen molar-refractivity contribution in [1.29, 1.82) is 0 Å². The Balaban J connectivity index is 0.00000204. The van der Waals surface area contributed by atoms with E-state index in [-0.39, 0.29) is 36.9 Å². The molecular formula is C26H35Cl4N3O. The molecule has 8 heteroatoms. The highest BCUT2D eigenvalue weighted by Gasteiger charge is 2.34. The summed E-state index contributed by atoms with van der Waals surface area (Å²) in [5.74, 6) is 0.855. The quantitative estimate of drug-likeness (QED) is 0.466. The first-order valence-corrected chi connectivity index (χ1v) is 12.6. The number of nitrogens with one attached hydrogen (secondary N) is 1. The molecular weight excluding hydrogens is 512 g/mol. The van der Waals surface area contributed by atoms with E-state index < -0.39 is 0 Å². The van der Waals surface area contributed by atoms with Crippen LogP contribution in [0.25, 0.3) is 0 Å². The van der Waals surface area contributed by atoms with Gasteiger partial charge in [0.05, 0.1) is 6.04 Å². The van der Waals surface area contributed by atoms with Gasteiger partial charge in [-0.1, -0.05) is 54.4 Å². The Kier molecular flexibility index (Phi) is 12.0. The van der Waals surface area contributed by atoms with Crippen LogP contribution in [0.4, 0.5) is 0 Å². The fraction of sp³-hybridized carbons (Fsp3) is 0.500. The summed E-state index contributed by atoms with van der Waals surface area (Å²) in [5, 5.41) is 4.87. The zero-order chi connectivity index (χ0) is 22.5. The molecule has 1 N–H and O–H groups in total. The van der Waals surface area contributed by atoms with Gasteiger partial charge in [0.2, 0.25) is 5.91 Å². The number of benzene rings is 2. The average Bonchev–Trinajstić information content (AvgIpc) is 2.82. The third kappa shape index (κ3) is 7.25. The van der Waals surface area contributed by atoms with E-state index in [9.17, 15) is 4.79 Å². The van der Waals surface area contributed by atoms with Crippen molar-refractivity contribution in [2.45, 2.75) is 44.7 Å². The van der Waals surface area contributed by atoms with Crippen LogP contribution < -0.4 is 5.32 Å². The maximum Gasteiger partial charge on any atom is 0.223 e. The number of nitrogens with zero attached hydrogens (tertiary/aromatic N) is 2. The minimum atomic E-state index is 0. The maximum absolute atomic E-state index is 13.2. The molecule has 188 valence electrons. The molecule has 2 aromatic carbocycles. The highest BCUT2D eigenvalue weighted by atomic mass is 35.5. The molecule has 2 aromatic rings. The molecule has 2 saturated heterocycles. The molecule has 2 fully saturated rings. The van der Waals surface area contributed by atoms with Crippen LogP contribution in [0.15, 0.2) is 48.5 Å². The average molecular weight is 547 g/mol. The lowest BCUT2D eigenvalue weighted by atomic mass is 9.92. The summed E-state index contributed by atoms with van der Waals surface area (Å²) in [7, 11) is 0. The zero-order valence-corrected chi connectivity index (χ0v) is 22.7. The second-order valence-electron chi connectivity index (χ2n) is 9.05. The van der Waals surface area contributed by atoms with Gasteiger partial charge in [-0.3, -0.25) is 9.69 Å². The number of hydrogen-bond donors (Lipinski definition) is 1. The normalized spacial score (nSPS) is 19.4. The molecule has 2 heterocycles. The van der Waals surface area contributed by atoms with Crippen molar-refractivity contribution >= 4 is 53.9 Å². The van der Waals surface area contributed by atoms with Gasteiger partial charge in [0.15, 0.2) is 0 Å². The van der Waals surface area contributed by atoms with E-state index in [1.807, 2.05) is 24.3 Å². The maximum atomic E-state index is 13.2. The molecule has 4 nitrogen and oxygen atoms in total. The van der Waals surface area contributed by atoms with Crippen LogP contribution in [0.1, 0.15) is 49.8 Å². The van der Waals surface area contributed by atoms with Crippen LogP contribution >= 0.6 is 48.0 Å². The van der Waals surface area contributed by atoms with Crippen LogP contribution in [-0.4, -0.2) is 54.5 Å². The molecule has 4 rings (SSSR count). The number of hydrogen-bond acceptors (Lipinski definition) is 3.